The standard InChI is InChI=1S/C27H29NO3/c1-19-15-20(10-12-25(19)29-2)9-11-24-23-17-26(30-3)27(16-22(23)13-14-28-24)31-18-21-7-5-4-6-8-21/h4-12,15-17,24,28H,13-14,18H2,1-3H3/b11-9+. The highest BCUT2D eigenvalue weighted by Crippen LogP contribution is 2.36. The highest BCUT2D eigenvalue weighted by molar-refractivity contribution is 5.56. The van der Waals surface area contributed by atoms with Gasteiger partial charge in [0.25, 0.3) is 0 Å². The van der Waals surface area contributed by atoms with E-state index in [9.17, 15) is 0 Å². The predicted octanol–water partition coefficient (Wildman–Crippen LogP) is 5.49. The Kier molecular flexibility index (Phi) is 6.58. The molecule has 0 aliphatic carbocycles. The summed E-state index contributed by atoms with van der Waals surface area (Å²) in [4.78, 5) is 0. The molecular weight excluding hydrogens is 386 g/mol. The number of rotatable bonds is 7. The molecule has 3 aromatic rings. The molecule has 0 spiro atoms. The summed E-state index contributed by atoms with van der Waals surface area (Å²) in [7, 11) is 3.39. The van der Waals surface area contributed by atoms with Crippen molar-refractivity contribution in [3.05, 3.63) is 94.6 Å². The Bertz CT molecular complexity index is 1060. The predicted molar refractivity (Wildman–Crippen MR) is 125 cm³/mol. The lowest BCUT2D eigenvalue weighted by molar-refractivity contribution is 0.283. The summed E-state index contributed by atoms with van der Waals surface area (Å²) in [6.45, 7) is 3.51. The Morgan fingerprint density at radius 3 is 2.48 bits per heavy atom. The Hall–Kier alpha value is -3.24. The molecule has 0 saturated carbocycles. The van der Waals surface area contributed by atoms with Gasteiger partial charge in [-0.15, -0.1) is 0 Å². The SMILES string of the molecule is COc1ccc(/C=C/C2NCCc3cc(OCc4ccccc4)c(OC)cc32)cc1C. The van der Waals surface area contributed by atoms with Crippen molar-refractivity contribution in [2.75, 3.05) is 20.8 Å². The molecule has 0 bridgehead atoms. The maximum atomic E-state index is 6.10. The summed E-state index contributed by atoms with van der Waals surface area (Å²) in [5.41, 5.74) is 5.95. The zero-order valence-corrected chi connectivity index (χ0v) is 18.4. The van der Waals surface area contributed by atoms with E-state index < -0.39 is 0 Å². The lowest BCUT2D eigenvalue weighted by Crippen LogP contribution is -2.28. The summed E-state index contributed by atoms with van der Waals surface area (Å²) in [6.07, 6.45) is 5.34. The second-order valence-corrected chi connectivity index (χ2v) is 7.75. The van der Waals surface area contributed by atoms with Gasteiger partial charge >= 0.3 is 0 Å². The van der Waals surface area contributed by atoms with Gasteiger partial charge in [0, 0.05) is 6.54 Å². The van der Waals surface area contributed by atoms with Gasteiger partial charge in [0.1, 0.15) is 12.4 Å². The first-order chi connectivity index (χ1) is 15.2. The summed E-state index contributed by atoms with van der Waals surface area (Å²) in [6, 6.07) is 20.8. The van der Waals surface area contributed by atoms with E-state index in [0.29, 0.717) is 6.61 Å². The van der Waals surface area contributed by atoms with Crippen LogP contribution in [0.25, 0.3) is 6.08 Å². The first-order valence-electron chi connectivity index (χ1n) is 10.6. The highest BCUT2D eigenvalue weighted by atomic mass is 16.5. The van der Waals surface area contributed by atoms with Crippen molar-refractivity contribution in [1.82, 2.24) is 5.32 Å². The van der Waals surface area contributed by atoms with Gasteiger partial charge in [0.05, 0.1) is 20.3 Å². The summed E-state index contributed by atoms with van der Waals surface area (Å²) in [5, 5.41) is 3.60. The van der Waals surface area contributed by atoms with Crippen LogP contribution in [0.2, 0.25) is 0 Å². The van der Waals surface area contributed by atoms with Crippen LogP contribution in [0, 0.1) is 6.92 Å². The molecule has 4 nitrogen and oxygen atoms in total. The smallest absolute Gasteiger partial charge is 0.161 e. The molecule has 0 aromatic heterocycles. The van der Waals surface area contributed by atoms with Gasteiger partial charge in [-0.3, -0.25) is 0 Å². The average molecular weight is 416 g/mol. The van der Waals surface area contributed by atoms with Crippen molar-refractivity contribution in [1.29, 1.82) is 0 Å². The van der Waals surface area contributed by atoms with E-state index in [1.807, 2.05) is 24.3 Å². The normalized spacial score (nSPS) is 15.5. The van der Waals surface area contributed by atoms with Crippen LogP contribution < -0.4 is 19.5 Å². The van der Waals surface area contributed by atoms with Crippen LogP contribution in [0.1, 0.15) is 33.9 Å². The summed E-state index contributed by atoms with van der Waals surface area (Å²) >= 11 is 0. The average Bonchev–Trinajstić information content (AvgIpc) is 2.81. The fraction of sp³-hybridized carbons (Fsp3) is 0.259. The molecule has 160 valence electrons. The van der Waals surface area contributed by atoms with E-state index in [1.165, 1.54) is 11.1 Å². The Morgan fingerprint density at radius 2 is 1.74 bits per heavy atom. The lowest BCUT2D eigenvalue weighted by Gasteiger charge is -2.26. The van der Waals surface area contributed by atoms with E-state index in [-0.39, 0.29) is 6.04 Å². The first kappa shape index (κ1) is 21.0. The van der Waals surface area contributed by atoms with Crippen molar-refractivity contribution >= 4 is 6.08 Å². The second-order valence-electron chi connectivity index (χ2n) is 7.75. The van der Waals surface area contributed by atoms with E-state index in [2.05, 4.69) is 60.8 Å². The monoisotopic (exact) mass is 415 g/mol. The van der Waals surface area contributed by atoms with Gasteiger partial charge < -0.3 is 19.5 Å². The quantitative estimate of drug-likeness (QED) is 0.554. The maximum absolute atomic E-state index is 6.10. The highest BCUT2D eigenvalue weighted by Gasteiger charge is 2.21. The Morgan fingerprint density at radius 1 is 0.935 bits per heavy atom. The maximum Gasteiger partial charge on any atom is 0.161 e. The fourth-order valence-corrected chi connectivity index (χ4v) is 3.99. The van der Waals surface area contributed by atoms with Crippen LogP contribution in [0.15, 0.2) is 66.7 Å². The molecular formula is C27H29NO3. The molecule has 4 heteroatoms. The number of ether oxygens (including phenoxy) is 3. The topological polar surface area (TPSA) is 39.7 Å². The molecule has 1 N–H and O–H groups in total. The third kappa shape index (κ3) is 4.92. The fourth-order valence-electron chi connectivity index (χ4n) is 3.99. The molecule has 1 aliphatic heterocycles. The van der Waals surface area contributed by atoms with Crippen LogP contribution in [0.5, 0.6) is 17.2 Å². The molecule has 0 saturated heterocycles. The number of aryl methyl sites for hydroxylation is 1. The van der Waals surface area contributed by atoms with Crippen LogP contribution >= 0.6 is 0 Å². The minimum Gasteiger partial charge on any atom is -0.496 e. The first-order valence-corrected chi connectivity index (χ1v) is 10.6. The molecule has 1 aliphatic rings. The van der Waals surface area contributed by atoms with E-state index >= 15 is 0 Å². The number of benzene rings is 3. The van der Waals surface area contributed by atoms with Crippen molar-refractivity contribution < 1.29 is 14.2 Å². The van der Waals surface area contributed by atoms with Crippen LogP contribution in [-0.4, -0.2) is 20.8 Å². The number of nitrogens with one attached hydrogen (secondary N) is 1. The summed E-state index contributed by atoms with van der Waals surface area (Å²) in [5.74, 6) is 2.46. The van der Waals surface area contributed by atoms with Crippen molar-refractivity contribution in [2.24, 2.45) is 0 Å². The second kappa shape index (κ2) is 9.71. The third-order valence-electron chi connectivity index (χ3n) is 5.66. The Labute approximate surface area is 184 Å². The molecule has 0 fully saturated rings. The molecule has 3 aromatic carbocycles. The number of hydrogen-bond acceptors (Lipinski definition) is 4. The number of hydrogen-bond donors (Lipinski definition) is 1. The van der Waals surface area contributed by atoms with Gasteiger partial charge in [-0.2, -0.15) is 0 Å². The van der Waals surface area contributed by atoms with Crippen molar-refractivity contribution in [3.8, 4) is 17.2 Å². The lowest BCUT2D eigenvalue weighted by atomic mass is 9.93. The molecule has 0 radical (unpaired) electrons. The zero-order chi connectivity index (χ0) is 21.6. The summed E-state index contributed by atoms with van der Waals surface area (Å²) < 4.78 is 17.1. The van der Waals surface area contributed by atoms with Gasteiger partial charge in [-0.25, -0.2) is 0 Å². The third-order valence-corrected chi connectivity index (χ3v) is 5.66. The van der Waals surface area contributed by atoms with Crippen LogP contribution in [0.3, 0.4) is 0 Å². The minimum atomic E-state index is 0.128. The number of fused-ring (bicyclic) bond motifs is 1. The molecule has 1 unspecified atom stereocenters. The van der Waals surface area contributed by atoms with E-state index in [0.717, 1.165) is 46.9 Å². The van der Waals surface area contributed by atoms with E-state index in [1.54, 1.807) is 14.2 Å². The zero-order valence-electron chi connectivity index (χ0n) is 18.4. The molecule has 1 atom stereocenters. The Balaban J connectivity index is 1.55. The number of methoxy groups -OCH3 is 2. The van der Waals surface area contributed by atoms with Crippen LogP contribution in [-0.2, 0) is 13.0 Å². The van der Waals surface area contributed by atoms with Gasteiger partial charge in [0.15, 0.2) is 11.5 Å². The largest absolute Gasteiger partial charge is 0.496 e. The van der Waals surface area contributed by atoms with Crippen LogP contribution in [0.4, 0.5) is 0 Å². The molecule has 0 amide bonds. The van der Waals surface area contributed by atoms with Gasteiger partial charge in [-0.1, -0.05) is 48.6 Å². The minimum absolute atomic E-state index is 0.128. The molecule has 31 heavy (non-hydrogen) atoms. The van der Waals surface area contributed by atoms with Gasteiger partial charge in [0.2, 0.25) is 0 Å². The molecule has 1 heterocycles. The van der Waals surface area contributed by atoms with Crippen molar-refractivity contribution in [3.63, 3.8) is 0 Å². The van der Waals surface area contributed by atoms with Crippen molar-refractivity contribution in [2.45, 2.75) is 26.0 Å². The van der Waals surface area contributed by atoms with E-state index in [4.69, 9.17) is 14.2 Å². The molecule has 4 rings (SSSR count). The van der Waals surface area contributed by atoms with Gasteiger partial charge in [-0.05, 0) is 65.4 Å².